The third-order valence-electron chi connectivity index (χ3n) is 3.95. The van der Waals surface area contributed by atoms with Crippen LogP contribution in [0, 0.1) is 0 Å². The molecular formula is C15H18N4O2. The maximum Gasteiger partial charge on any atom is 0.339 e. The number of para-hydroxylation sites is 2. The van der Waals surface area contributed by atoms with Gasteiger partial charge in [-0.1, -0.05) is 12.1 Å². The molecule has 0 radical (unpaired) electrons. The van der Waals surface area contributed by atoms with Gasteiger partial charge in [-0.15, -0.1) is 0 Å². The third kappa shape index (κ3) is 2.33. The minimum absolute atomic E-state index is 0.265. The van der Waals surface area contributed by atoms with Crippen molar-refractivity contribution in [1.82, 2.24) is 9.78 Å². The van der Waals surface area contributed by atoms with E-state index in [1.54, 1.807) is 11.7 Å². The average molecular weight is 286 g/mol. The molecule has 6 heteroatoms. The summed E-state index contributed by atoms with van der Waals surface area (Å²) in [5, 5.41) is 16.8. The Morgan fingerprint density at radius 3 is 3.00 bits per heavy atom. The second-order valence-corrected chi connectivity index (χ2v) is 5.31. The van der Waals surface area contributed by atoms with E-state index in [2.05, 4.69) is 28.3 Å². The number of hydrogen-bond donors (Lipinski definition) is 2. The lowest BCUT2D eigenvalue weighted by Gasteiger charge is -2.37. The van der Waals surface area contributed by atoms with E-state index in [1.807, 2.05) is 18.2 Å². The van der Waals surface area contributed by atoms with E-state index in [0.717, 1.165) is 17.9 Å². The summed E-state index contributed by atoms with van der Waals surface area (Å²) in [5.41, 5.74) is 3.15. The zero-order valence-corrected chi connectivity index (χ0v) is 12.1. The predicted octanol–water partition coefficient (Wildman–Crippen LogP) is 1.94. The van der Waals surface area contributed by atoms with Gasteiger partial charge < -0.3 is 15.3 Å². The molecular weight excluding hydrogens is 268 g/mol. The molecule has 1 atom stereocenters. The molecule has 0 saturated carbocycles. The molecule has 2 aromatic rings. The Morgan fingerprint density at radius 1 is 1.48 bits per heavy atom. The number of anilines is 2. The second kappa shape index (κ2) is 5.12. The number of rotatable bonds is 3. The Bertz CT molecular complexity index is 680. The Hall–Kier alpha value is -2.50. The fourth-order valence-electron chi connectivity index (χ4n) is 2.71. The SMILES string of the molecule is CC1CNc2ccccc2N1Cc1c(C(=O)O)cnn1C. The van der Waals surface area contributed by atoms with Crippen molar-refractivity contribution in [1.29, 1.82) is 0 Å². The third-order valence-corrected chi connectivity index (χ3v) is 3.95. The molecule has 0 fully saturated rings. The number of nitrogens with zero attached hydrogens (tertiary/aromatic N) is 3. The number of carboxylic acids is 1. The van der Waals surface area contributed by atoms with Gasteiger partial charge in [0.05, 0.1) is 29.8 Å². The summed E-state index contributed by atoms with van der Waals surface area (Å²) >= 11 is 0. The Balaban J connectivity index is 1.98. The number of aryl methyl sites for hydroxylation is 1. The van der Waals surface area contributed by atoms with E-state index >= 15 is 0 Å². The van der Waals surface area contributed by atoms with E-state index < -0.39 is 5.97 Å². The zero-order chi connectivity index (χ0) is 15.0. The summed E-state index contributed by atoms with van der Waals surface area (Å²) < 4.78 is 1.64. The van der Waals surface area contributed by atoms with Crippen LogP contribution in [0.25, 0.3) is 0 Å². The lowest BCUT2D eigenvalue weighted by Crippen LogP contribution is -2.42. The van der Waals surface area contributed by atoms with Crippen LogP contribution in [0.5, 0.6) is 0 Å². The van der Waals surface area contributed by atoms with Gasteiger partial charge in [0.15, 0.2) is 0 Å². The number of nitrogens with one attached hydrogen (secondary N) is 1. The lowest BCUT2D eigenvalue weighted by atomic mass is 10.1. The smallest absolute Gasteiger partial charge is 0.339 e. The molecule has 6 nitrogen and oxygen atoms in total. The maximum atomic E-state index is 11.3. The van der Waals surface area contributed by atoms with Crippen LogP contribution in [0.2, 0.25) is 0 Å². The van der Waals surface area contributed by atoms with Crippen molar-refractivity contribution in [3.8, 4) is 0 Å². The largest absolute Gasteiger partial charge is 0.478 e. The molecule has 1 aromatic heterocycles. The molecule has 0 aliphatic carbocycles. The van der Waals surface area contributed by atoms with Crippen molar-refractivity contribution in [2.24, 2.45) is 7.05 Å². The van der Waals surface area contributed by atoms with Crippen LogP contribution in [0.1, 0.15) is 23.0 Å². The van der Waals surface area contributed by atoms with Crippen molar-refractivity contribution >= 4 is 17.3 Å². The molecule has 1 unspecified atom stereocenters. The van der Waals surface area contributed by atoms with Crippen molar-refractivity contribution in [2.75, 3.05) is 16.8 Å². The van der Waals surface area contributed by atoms with E-state index in [1.165, 1.54) is 6.20 Å². The highest BCUT2D eigenvalue weighted by atomic mass is 16.4. The molecule has 1 aliphatic rings. The van der Waals surface area contributed by atoms with E-state index in [9.17, 15) is 9.90 Å². The average Bonchev–Trinajstić information content (AvgIpc) is 2.83. The van der Waals surface area contributed by atoms with Crippen molar-refractivity contribution in [2.45, 2.75) is 19.5 Å². The second-order valence-electron chi connectivity index (χ2n) is 5.31. The molecule has 2 N–H and O–H groups in total. The van der Waals surface area contributed by atoms with Gasteiger partial charge in [-0.2, -0.15) is 5.10 Å². The van der Waals surface area contributed by atoms with Crippen LogP contribution >= 0.6 is 0 Å². The number of benzene rings is 1. The lowest BCUT2D eigenvalue weighted by molar-refractivity contribution is 0.0695. The summed E-state index contributed by atoms with van der Waals surface area (Å²) in [6.07, 6.45) is 1.41. The van der Waals surface area contributed by atoms with Gasteiger partial charge in [-0.3, -0.25) is 4.68 Å². The fourth-order valence-corrected chi connectivity index (χ4v) is 2.71. The van der Waals surface area contributed by atoms with Crippen LogP contribution in [0.4, 0.5) is 11.4 Å². The molecule has 3 rings (SSSR count). The number of aromatic carboxylic acids is 1. The molecule has 1 aromatic carbocycles. The van der Waals surface area contributed by atoms with E-state index in [-0.39, 0.29) is 11.6 Å². The van der Waals surface area contributed by atoms with Crippen molar-refractivity contribution in [3.05, 3.63) is 41.7 Å². The summed E-state index contributed by atoms with van der Waals surface area (Å²) in [5.74, 6) is -0.936. The molecule has 110 valence electrons. The van der Waals surface area contributed by atoms with Crippen LogP contribution in [-0.2, 0) is 13.6 Å². The van der Waals surface area contributed by atoms with Crippen LogP contribution in [0.3, 0.4) is 0 Å². The highest BCUT2D eigenvalue weighted by Crippen LogP contribution is 2.32. The first-order valence-electron chi connectivity index (χ1n) is 6.91. The number of carboxylic acid groups (broad SMARTS) is 1. The molecule has 0 amide bonds. The number of fused-ring (bicyclic) bond motifs is 1. The summed E-state index contributed by atoms with van der Waals surface area (Å²) in [4.78, 5) is 13.5. The van der Waals surface area contributed by atoms with Gasteiger partial charge in [0.25, 0.3) is 0 Å². The van der Waals surface area contributed by atoms with Gasteiger partial charge in [0.2, 0.25) is 0 Å². The summed E-state index contributed by atoms with van der Waals surface area (Å²) in [6, 6.07) is 8.35. The summed E-state index contributed by atoms with van der Waals surface area (Å²) in [7, 11) is 1.78. The first-order chi connectivity index (χ1) is 10.1. The zero-order valence-electron chi connectivity index (χ0n) is 12.1. The van der Waals surface area contributed by atoms with Gasteiger partial charge in [0, 0.05) is 19.6 Å². The highest BCUT2D eigenvalue weighted by Gasteiger charge is 2.25. The van der Waals surface area contributed by atoms with Gasteiger partial charge in [-0.05, 0) is 19.1 Å². The molecule has 0 bridgehead atoms. The van der Waals surface area contributed by atoms with Crippen molar-refractivity contribution < 1.29 is 9.90 Å². The first-order valence-corrected chi connectivity index (χ1v) is 6.91. The van der Waals surface area contributed by atoms with Crippen LogP contribution < -0.4 is 10.2 Å². The molecule has 0 saturated heterocycles. The normalized spacial score (nSPS) is 17.2. The fraction of sp³-hybridized carbons (Fsp3) is 0.333. The molecule has 0 spiro atoms. The van der Waals surface area contributed by atoms with Crippen LogP contribution in [-0.4, -0.2) is 33.4 Å². The molecule has 2 heterocycles. The number of aromatic nitrogens is 2. The minimum atomic E-state index is -0.936. The van der Waals surface area contributed by atoms with Crippen LogP contribution in [0.15, 0.2) is 30.5 Å². The van der Waals surface area contributed by atoms with Gasteiger partial charge >= 0.3 is 5.97 Å². The van der Waals surface area contributed by atoms with Gasteiger partial charge in [-0.25, -0.2) is 4.79 Å². The van der Waals surface area contributed by atoms with E-state index in [4.69, 9.17) is 0 Å². The monoisotopic (exact) mass is 286 g/mol. The summed E-state index contributed by atoms with van der Waals surface area (Å²) in [6.45, 7) is 3.48. The van der Waals surface area contributed by atoms with Gasteiger partial charge in [0.1, 0.15) is 5.56 Å². The Labute approximate surface area is 123 Å². The maximum absolute atomic E-state index is 11.3. The van der Waals surface area contributed by atoms with Crippen molar-refractivity contribution in [3.63, 3.8) is 0 Å². The number of hydrogen-bond acceptors (Lipinski definition) is 4. The molecule has 21 heavy (non-hydrogen) atoms. The Morgan fingerprint density at radius 2 is 2.24 bits per heavy atom. The number of carbonyl (C=O) groups is 1. The molecule has 1 aliphatic heterocycles. The predicted molar refractivity (Wildman–Crippen MR) is 80.7 cm³/mol. The quantitative estimate of drug-likeness (QED) is 0.902. The Kier molecular flexibility index (Phi) is 3.29. The standard InChI is InChI=1S/C15H18N4O2/c1-10-7-16-12-5-3-4-6-13(12)19(10)9-14-11(15(20)21)8-17-18(14)2/h3-6,8,10,16H,7,9H2,1-2H3,(H,20,21). The van der Waals surface area contributed by atoms with E-state index in [0.29, 0.717) is 12.2 Å². The highest BCUT2D eigenvalue weighted by molar-refractivity contribution is 5.88. The minimum Gasteiger partial charge on any atom is -0.478 e. The topological polar surface area (TPSA) is 70.4 Å². The first kappa shape index (κ1) is 13.5.